The van der Waals surface area contributed by atoms with Crippen LogP contribution in [0.2, 0.25) is 19.6 Å². The highest BCUT2D eigenvalue weighted by Gasteiger charge is 2.16. The molecule has 1 aromatic carbocycles. The second kappa shape index (κ2) is 12.0. The van der Waals surface area contributed by atoms with Crippen molar-refractivity contribution in [3.8, 4) is 0 Å². The zero-order valence-electron chi connectivity index (χ0n) is 16.4. The highest BCUT2D eigenvalue weighted by atomic mass is 28.3. The summed E-state index contributed by atoms with van der Waals surface area (Å²) >= 11 is 0. The number of rotatable bonds is 12. The topological polar surface area (TPSA) is 29.1 Å². The Morgan fingerprint density at radius 1 is 1.00 bits per heavy atom. The fourth-order valence-electron chi connectivity index (χ4n) is 2.81. The van der Waals surface area contributed by atoms with E-state index in [-0.39, 0.29) is 5.91 Å². The molecule has 0 saturated heterocycles. The summed E-state index contributed by atoms with van der Waals surface area (Å²) in [5, 5.41) is 4.35. The van der Waals surface area contributed by atoms with Gasteiger partial charge in [0.1, 0.15) is 0 Å². The van der Waals surface area contributed by atoms with E-state index in [4.69, 9.17) is 0 Å². The summed E-state index contributed by atoms with van der Waals surface area (Å²) in [6.07, 6.45) is 7.52. The fraction of sp³-hybridized carbons (Fsp3) is 0.571. The van der Waals surface area contributed by atoms with Gasteiger partial charge >= 0.3 is 0 Å². The van der Waals surface area contributed by atoms with Gasteiger partial charge in [-0.05, 0) is 37.5 Å². The van der Waals surface area contributed by atoms with Gasteiger partial charge in [-0.25, -0.2) is 0 Å². The first kappa shape index (κ1) is 22.5. The number of amides is 1. The lowest BCUT2D eigenvalue weighted by molar-refractivity contribution is -0.116. The number of nitrogens with one attached hydrogen (secondary N) is 1. The van der Waals surface area contributed by atoms with Crippen molar-refractivity contribution in [3.63, 3.8) is 0 Å². The Morgan fingerprint density at radius 2 is 1.62 bits per heavy atom. The molecule has 0 heterocycles. The summed E-state index contributed by atoms with van der Waals surface area (Å²) in [5.74, 6) is 0.0813. The van der Waals surface area contributed by atoms with Crippen molar-refractivity contribution in [2.45, 2.75) is 77.4 Å². The van der Waals surface area contributed by atoms with Crippen LogP contribution in [0.3, 0.4) is 0 Å². The first-order valence-electron chi connectivity index (χ1n) is 9.70. The predicted octanol–water partition coefficient (Wildman–Crippen LogP) is 6.46. The van der Waals surface area contributed by atoms with Crippen LogP contribution in [-0.2, 0) is 4.79 Å². The Morgan fingerprint density at radius 3 is 2.23 bits per heavy atom. The number of halogens is 2. The van der Waals surface area contributed by atoms with Crippen LogP contribution in [0.1, 0.15) is 57.8 Å². The van der Waals surface area contributed by atoms with Crippen LogP contribution < -0.4 is 10.5 Å². The van der Waals surface area contributed by atoms with Gasteiger partial charge < -0.3 is 5.32 Å². The number of benzene rings is 1. The normalized spacial score (nSPS) is 11.3. The number of hydrogen-bond acceptors (Lipinski definition) is 1. The quantitative estimate of drug-likeness (QED) is 0.327. The third kappa shape index (κ3) is 10.5. The molecular weight excluding hydrogens is 348 g/mol. The SMILES string of the molecule is C[Si](C)(C)c1cccc(NC(=O)CCCCCCCCCC=C(F)F)c1. The Bertz CT molecular complexity index is 578. The van der Waals surface area contributed by atoms with Crippen LogP contribution >= 0.6 is 0 Å². The van der Waals surface area contributed by atoms with Crippen LogP contribution in [-0.4, -0.2) is 14.0 Å². The molecule has 0 spiro atoms. The molecule has 0 saturated carbocycles. The van der Waals surface area contributed by atoms with Crippen molar-refractivity contribution in [2.24, 2.45) is 0 Å². The molecule has 146 valence electrons. The zero-order chi connectivity index (χ0) is 19.4. The standard InChI is InChI=1S/C21H33F2NOSi/c1-26(2,3)19-14-12-13-18(17-19)24-21(25)16-11-9-7-5-4-6-8-10-15-20(22)23/h12-15,17H,4-11,16H2,1-3H3,(H,24,25). The third-order valence-electron chi connectivity index (χ3n) is 4.42. The number of hydrogen-bond donors (Lipinski definition) is 1. The summed E-state index contributed by atoms with van der Waals surface area (Å²) in [6, 6.07) is 8.22. The summed E-state index contributed by atoms with van der Waals surface area (Å²) in [6.45, 7) is 6.89. The van der Waals surface area contributed by atoms with Crippen molar-refractivity contribution in [2.75, 3.05) is 5.32 Å². The van der Waals surface area contributed by atoms with Gasteiger partial charge in [-0.3, -0.25) is 4.79 Å². The fourth-order valence-corrected chi connectivity index (χ4v) is 4.00. The van der Waals surface area contributed by atoms with E-state index in [1.807, 2.05) is 12.1 Å². The molecular formula is C21H33F2NOSi. The minimum absolute atomic E-state index is 0.0813. The molecule has 0 unspecified atom stereocenters. The van der Waals surface area contributed by atoms with Crippen LogP contribution in [0.5, 0.6) is 0 Å². The molecule has 5 heteroatoms. The second-order valence-corrected chi connectivity index (χ2v) is 13.0. The molecule has 0 bridgehead atoms. The average Bonchev–Trinajstić information content (AvgIpc) is 2.55. The van der Waals surface area contributed by atoms with Crippen molar-refractivity contribution in [1.82, 2.24) is 0 Å². The van der Waals surface area contributed by atoms with Gasteiger partial charge in [0.15, 0.2) is 0 Å². The molecule has 0 radical (unpaired) electrons. The lowest BCUT2D eigenvalue weighted by atomic mass is 10.1. The molecule has 1 rings (SSSR count). The van der Waals surface area contributed by atoms with Gasteiger partial charge in [0.05, 0.1) is 8.07 Å². The molecule has 0 aliphatic heterocycles. The summed E-state index contributed by atoms with van der Waals surface area (Å²) in [7, 11) is -1.37. The van der Waals surface area contributed by atoms with E-state index in [2.05, 4.69) is 37.1 Å². The molecule has 2 nitrogen and oxygen atoms in total. The maximum atomic E-state index is 12.1. The monoisotopic (exact) mass is 381 g/mol. The minimum Gasteiger partial charge on any atom is -0.326 e. The molecule has 0 atom stereocenters. The van der Waals surface area contributed by atoms with E-state index in [0.717, 1.165) is 56.7 Å². The number of carbonyl (C=O) groups excluding carboxylic acids is 1. The Kier molecular flexibility index (Phi) is 10.4. The molecule has 1 N–H and O–H groups in total. The molecule has 1 aromatic rings. The number of allylic oxidation sites excluding steroid dienone is 1. The van der Waals surface area contributed by atoms with E-state index < -0.39 is 14.2 Å². The molecule has 0 aliphatic carbocycles. The van der Waals surface area contributed by atoms with E-state index >= 15 is 0 Å². The lowest BCUT2D eigenvalue weighted by Crippen LogP contribution is -2.37. The van der Waals surface area contributed by atoms with Crippen molar-refractivity contribution in [1.29, 1.82) is 0 Å². The Labute approximate surface area is 158 Å². The summed E-state index contributed by atoms with van der Waals surface area (Å²) in [4.78, 5) is 12.1. The van der Waals surface area contributed by atoms with Gasteiger partial charge in [0.2, 0.25) is 5.91 Å². The first-order chi connectivity index (χ1) is 12.3. The lowest BCUT2D eigenvalue weighted by Gasteiger charge is -2.17. The molecule has 0 aromatic heterocycles. The number of carbonyl (C=O) groups is 1. The van der Waals surface area contributed by atoms with Crippen LogP contribution in [0, 0.1) is 0 Å². The predicted molar refractivity (Wildman–Crippen MR) is 110 cm³/mol. The highest BCUT2D eigenvalue weighted by molar-refractivity contribution is 6.88. The van der Waals surface area contributed by atoms with Gasteiger partial charge in [-0.15, -0.1) is 0 Å². The minimum atomic E-state index is -1.57. The maximum Gasteiger partial charge on any atom is 0.266 e. The first-order valence-corrected chi connectivity index (χ1v) is 13.2. The third-order valence-corrected chi connectivity index (χ3v) is 6.46. The largest absolute Gasteiger partial charge is 0.326 e. The van der Waals surface area contributed by atoms with E-state index in [0.29, 0.717) is 12.8 Å². The van der Waals surface area contributed by atoms with E-state index in [9.17, 15) is 13.6 Å². The zero-order valence-corrected chi connectivity index (χ0v) is 17.4. The maximum absolute atomic E-state index is 12.1. The van der Waals surface area contributed by atoms with E-state index in [1.54, 1.807) is 0 Å². The number of unbranched alkanes of at least 4 members (excludes halogenated alkanes) is 7. The van der Waals surface area contributed by atoms with Gasteiger partial charge in [0.25, 0.3) is 6.08 Å². The Balaban J connectivity index is 2.11. The Hall–Kier alpha value is -1.49. The van der Waals surface area contributed by atoms with Gasteiger partial charge in [-0.2, -0.15) is 8.78 Å². The van der Waals surface area contributed by atoms with Crippen molar-refractivity contribution >= 4 is 24.9 Å². The highest BCUT2D eigenvalue weighted by Crippen LogP contribution is 2.13. The molecule has 0 fully saturated rings. The van der Waals surface area contributed by atoms with Gasteiger partial charge in [-0.1, -0.05) is 69.1 Å². The van der Waals surface area contributed by atoms with Crippen LogP contribution in [0.15, 0.2) is 36.4 Å². The van der Waals surface area contributed by atoms with Gasteiger partial charge in [0, 0.05) is 12.1 Å². The molecule has 1 amide bonds. The molecule has 0 aliphatic rings. The molecule has 26 heavy (non-hydrogen) atoms. The van der Waals surface area contributed by atoms with E-state index in [1.165, 1.54) is 5.19 Å². The second-order valence-electron chi connectivity index (χ2n) is 7.89. The van der Waals surface area contributed by atoms with Crippen molar-refractivity contribution < 1.29 is 13.6 Å². The summed E-state index contributed by atoms with van der Waals surface area (Å²) in [5.41, 5.74) is 0.897. The number of anilines is 1. The smallest absolute Gasteiger partial charge is 0.266 e. The van der Waals surface area contributed by atoms with Crippen LogP contribution in [0.4, 0.5) is 14.5 Å². The van der Waals surface area contributed by atoms with Crippen LogP contribution in [0.25, 0.3) is 0 Å². The summed E-state index contributed by atoms with van der Waals surface area (Å²) < 4.78 is 23.7. The average molecular weight is 382 g/mol. The van der Waals surface area contributed by atoms with Crippen molar-refractivity contribution in [3.05, 3.63) is 36.4 Å².